The van der Waals surface area contributed by atoms with Crippen molar-refractivity contribution in [3.8, 4) is 0 Å². The molecule has 0 N–H and O–H groups in total. The van der Waals surface area contributed by atoms with Crippen LogP contribution in [0.15, 0.2) is 11.6 Å². The standard InChI is InChI=1S/C18H34O4Si/c1-5-20-18(19)16(15-23(2,3)4)11-7-6-9-13-21-17-12-8-10-14-22-17/h11,17H,5-10,12-15H2,1-4H3/b16-11-. The highest BCUT2D eigenvalue weighted by Crippen LogP contribution is 2.19. The molecule has 23 heavy (non-hydrogen) atoms. The van der Waals surface area contributed by atoms with Gasteiger partial charge >= 0.3 is 5.97 Å². The molecule has 1 heterocycles. The predicted molar refractivity (Wildman–Crippen MR) is 96.3 cm³/mol. The first-order valence-electron chi connectivity index (χ1n) is 9.02. The Kier molecular flexibility index (Phi) is 9.75. The molecule has 1 saturated heterocycles. The Balaban J connectivity index is 2.27. The Labute approximate surface area is 142 Å². The first-order chi connectivity index (χ1) is 10.9. The lowest BCUT2D eigenvalue weighted by molar-refractivity contribution is -0.162. The molecule has 1 aliphatic heterocycles. The molecular formula is C18H34O4Si. The van der Waals surface area contributed by atoms with Crippen LogP contribution < -0.4 is 0 Å². The van der Waals surface area contributed by atoms with Crippen LogP contribution in [0, 0.1) is 0 Å². The van der Waals surface area contributed by atoms with E-state index in [4.69, 9.17) is 14.2 Å². The molecule has 0 spiro atoms. The van der Waals surface area contributed by atoms with Gasteiger partial charge in [0.15, 0.2) is 6.29 Å². The Morgan fingerprint density at radius 3 is 2.65 bits per heavy atom. The van der Waals surface area contributed by atoms with Crippen molar-refractivity contribution in [1.82, 2.24) is 0 Å². The van der Waals surface area contributed by atoms with Crippen molar-refractivity contribution in [3.63, 3.8) is 0 Å². The quantitative estimate of drug-likeness (QED) is 0.253. The maximum atomic E-state index is 12.0. The Morgan fingerprint density at radius 1 is 1.26 bits per heavy atom. The van der Waals surface area contributed by atoms with E-state index in [1.54, 1.807) is 0 Å². The van der Waals surface area contributed by atoms with Crippen molar-refractivity contribution in [2.24, 2.45) is 0 Å². The summed E-state index contributed by atoms with van der Waals surface area (Å²) in [6.07, 6.45) is 8.39. The van der Waals surface area contributed by atoms with Gasteiger partial charge in [0.05, 0.1) is 6.61 Å². The predicted octanol–water partition coefficient (Wildman–Crippen LogP) is 4.53. The molecule has 5 heteroatoms. The molecule has 1 atom stereocenters. The van der Waals surface area contributed by atoms with E-state index in [-0.39, 0.29) is 12.3 Å². The lowest BCUT2D eigenvalue weighted by Gasteiger charge is -2.22. The van der Waals surface area contributed by atoms with E-state index >= 15 is 0 Å². The van der Waals surface area contributed by atoms with Gasteiger partial charge in [-0.1, -0.05) is 25.7 Å². The Morgan fingerprint density at radius 2 is 2.04 bits per heavy atom. The average molecular weight is 343 g/mol. The number of unbranched alkanes of at least 4 members (excludes halogenated alkanes) is 2. The number of hydrogen-bond donors (Lipinski definition) is 0. The smallest absolute Gasteiger partial charge is 0.333 e. The van der Waals surface area contributed by atoms with Gasteiger partial charge in [-0.2, -0.15) is 0 Å². The number of carbonyl (C=O) groups excluding carboxylic acids is 1. The molecule has 1 fully saturated rings. The first kappa shape index (κ1) is 20.4. The Bertz CT molecular complexity index is 368. The highest BCUT2D eigenvalue weighted by atomic mass is 28.3. The molecule has 0 aromatic carbocycles. The van der Waals surface area contributed by atoms with E-state index in [0.29, 0.717) is 6.61 Å². The van der Waals surface area contributed by atoms with Crippen molar-refractivity contribution in [2.45, 2.75) is 77.4 Å². The van der Waals surface area contributed by atoms with E-state index in [9.17, 15) is 4.79 Å². The third-order valence-corrected chi connectivity index (χ3v) is 5.13. The first-order valence-corrected chi connectivity index (χ1v) is 12.7. The third-order valence-electron chi connectivity index (χ3n) is 3.69. The zero-order valence-corrected chi connectivity index (χ0v) is 16.4. The number of carbonyl (C=O) groups is 1. The van der Waals surface area contributed by atoms with Crippen LogP contribution in [-0.2, 0) is 19.0 Å². The fourth-order valence-electron chi connectivity index (χ4n) is 2.60. The summed E-state index contributed by atoms with van der Waals surface area (Å²) in [4.78, 5) is 12.0. The second-order valence-corrected chi connectivity index (χ2v) is 12.8. The van der Waals surface area contributed by atoms with Crippen LogP contribution in [0.4, 0.5) is 0 Å². The van der Waals surface area contributed by atoms with Crippen LogP contribution in [0.3, 0.4) is 0 Å². The molecule has 0 aromatic heterocycles. The minimum absolute atomic E-state index is 0.00118. The second kappa shape index (κ2) is 11.0. The number of esters is 1. The average Bonchev–Trinajstić information content (AvgIpc) is 2.49. The van der Waals surface area contributed by atoms with Crippen LogP contribution in [-0.4, -0.2) is 40.2 Å². The van der Waals surface area contributed by atoms with Gasteiger partial charge < -0.3 is 14.2 Å². The monoisotopic (exact) mass is 342 g/mol. The molecule has 1 aliphatic rings. The molecule has 0 aliphatic carbocycles. The fraction of sp³-hybridized carbons (Fsp3) is 0.833. The maximum Gasteiger partial charge on any atom is 0.333 e. The summed E-state index contributed by atoms with van der Waals surface area (Å²) in [5.74, 6) is -0.137. The van der Waals surface area contributed by atoms with Crippen LogP contribution >= 0.6 is 0 Å². The summed E-state index contributed by atoms with van der Waals surface area (Å²) in [5, 5.41) is 0. The Hall–Kier alpha value is -0.653. The molecule has 0 amide bonds. The van der Waals surface area contributed by atoms with Crippen LogP contribution in [0.2, 0.25) is 25.7 Å². The van der Waals surface area contributed by atoms with Crippen LogP contribution in [0.1, 0.15) is 45.4 Å². The summed E-state index contributed by atoms with van der Waals surface area (Å²) >= 11 is 0. The van der Waals surface area contributed by atoms with Crippen molar-refractivity contribution in [2.75, 3.05) is 19.8 Å². The van der Waals surface area contributed by atoms with E-state index < -0.39 is 8.07 Å². The van der Waals surface area contributed by atoms with Gasteiger partial charge in [0.25, 0.3) is 0 Å². The highest BCUT2D eigenvalue weighted by molar-refractivity contribution is 6.77. The molecule has 0 aromatic rings. The van der Waals surface area contributed by atoms with Gasteiger partial charge in [-0.3, -0.25) is 0 Å². The van der Waals surface area contributed by atoms with Gasteiger partial charge in [0.1, 0.15) is 0 Å². The third kappa shape index (κ3) is 9.94. The summed E-state index contributed by atoms with van der Waals surface area (Å²) < 4.78 is 16.5. The van der Waals surface area contributed by atoms with Crippen LogP contribution in [0.25, 0.3) is 0 Å². The summed E-state index contributed by atoms with van der Waals surface area (Å²) in [7, 11) is -1.32. The molecule has 0 bridgehead atoms. The van der Waals surface area contributed by atoms with Crippen LogP contribution in [0.5, 0.6) is 0 Å². The van der Waals surface area contributed by atoms with Gasteiger partial charge in [-0.25, -0.2) is 4.79 Å². The van der Waals surface area contributed by atoms with Crippen molar-refractivity contribution < 1.29 is 19.0 Å². The highest BCUT2D eigenvalue weighted by Gasteiger charge is 2.20. The zero-order chi connectivity index (χ0) is 17.1. The SMILES string of the molecule is CCOC(=O)/C(=C\CCCCOC1CCCCO1)C[Si](C)(C)C. The van der Waals surface area contributed by atoms with E-state index in [0.717, 1.165) is 56.9 Å². The molecule has 4 nitrogen and oxygen atoms in total. The minimum atomic E-state index is -1.32. The van der Waals surface area contributed by atoms with E-state index in [1.165, 1.54) is 6.42 Å². The topological polar surface area (TPSA) is 44.8 Å². The summed E-state index contributed by atoms with van der Waals surface area (Å²) in [6, 6.07) is 0.887. The number of rotatable bonds is 10. The largest absolute Gasteiger partial charge is 0.463 e. The molecule has 0 radical (unpaired) electrons. The van der Waals surface area contributed by atoms with Crippen molar-refractivity contribution in [1.29, 1.82) is 0 Å². The van der Waals surface area contributed by atoms with Crippen molar-refractivity contribution >= 4 is 14.0 Å². The van der Waals surface area contributed by atoms with Gasteiger partial charge in [-0.15, -0.1) is 0 Å². The molecule has 0 saturated carbocycles. The normalized spacial score (nSPS) is 19.7. The second-order valence-electron chi connectivity index (χ2n) is 7.35. The number of hydrogen-bond acceptors (Lipinski definition) is 4. The molecule has 1 unspecified atom stereocenters. The van der Waals surface area contributed by atoms with E-state index in [2.05, 4.69) is 25.7 Å². The lowest BCUT2D eigenvalue weighted by atomic mass is 10.2. The lowest BCUT2D eigenvalue weighted by Crippen LogP contribution is -2.23. The van der Waals surface area contributed by atoms with E-state index in [1.807, 2.05) is 6.92 Å². The minimum Gasteiger partial charge on any atom is -0.463 e. The fourth-order valence-corrected chi connectivity index (χ4v) is 4.03. The van der Waals surface area contributed by atoms with Gasteiger partial charge in [-0.05, 0) is 51.5 Å². The van der Waals surface area contributed by atoms with Gasteiger partial charge in [0, 0.05) is 26.9 Å². The number of ether oxygens (including phenoxy) is 3. The molecule has 1 rings (SSSR count). The molecule has 134 valence electrons. The summed E-state index contributed by atoms with van der Waals surface area (Å²) in [5.41, 5.74) is 0.863. The van der Waals surface area contributed by atoms with Gasteiger partial charge in [0.2, 0.25) is 0 Å². The molecular weight excluding hydrogens is 308 g/mol. The maximum absolute atomic E-state index is 12.0. The zero-order valence-electron chi connectivity index (χ0n) is 15.4. The number of allylic oxidation sites excluding steroid dienone is 1. The van der Waals surface area contributed by atoms with Crippen molar-refractivity contribution in [3.05, 3.63) is 11.6 Å². The summed E-state index contributed by atoms with van der Waals surface area (Å²) in [6.45, 7) is 10.7.